The van der Waals surface area contributed by atoms with Gasteiger partial charge >= 0.3 is 205 Å². The Kier molecular flexibility index (Phi) is 7.32. The number of carbonyl (C=O) groups is 1. The van der Waals surface area contributed by atoms with E-state index in [9.17, 15) is 18.0 Å². The Morgan fingerprint density at radius 2 is 2.06 bits per heavy atom. The Labute approximate surface area is 205 Å². The molecule has 0 spiro atoms. The fourth-order valence-corrected chi connectivity index (χ4v) is 5.52. The normalized spacial score (nSPS) is 11.9. The first kappa shape index (κ1) is 24.6. The number of hydrogen-bond acceptors (Lipinski definition) is 7. The van der Waals surface area contributed by atoms with Crippen molar-refractivity contribution in [2.24, 2.45) is 7.05 Å². The van der Waals surface area contributed by atoms with Gasteiger partial charge in [0.15, 0.2) is 0 Å². The summed E-state index contributed by atoms with van der Waals surface area (Å²) >= 11 is -1.24. The van der Waals surface area contributed by atoms with Gasteiger partial charge < -0.3 is 0 Å². The van der Waals surface area contributed by atoms with Gasteiger partial charge in [-0.05, 0) is 0 Å². The Morgan fingerprint density at radius 3 is 2.74 bits per heavy atom. The van der Waals surface area contributed by atoms with E-state index in [1.54, 1.807) is 53.2 Å². The zero-order valence-corrected chi connectivity index (χ0v) is 20.8. The number of imidazole rings is 1. The molecule has 13 heteroatoms. The van der Waals surface area contributed by atoms with E-state index in [2.05, 4.69) is 25.4 Å². The van der Waals surface area contributed by atoms with Crippen molar-refractivity contribution < 1.29 is 22.7 Å². The number of methoxy groups -OCH3 is 1. The minimum atomic E-state index is -4.54. The standard InChI is InChI=1S/C22H21AsF3N7O2/c1-32-12-14(10-30-32)15-3-4-20(31-18(15)13-34)33-7-5-28-21(33)23-19-9-17(27-6-8-35-2)16(11-29-19)22(24,25)26/h3-5,7,9-13,23H,6,8H2,1-2H3,(H,27,29). The van der Waals surface area contributed by atoms with Crippen LogP contribution in [-0.2, 0) is 18.0 Å². The summed E-state index contributed by atoms with van der Waals surface area (Å²) in [5.74, 6) is 0.473. The van der Waals surface area contributed by atoms with E-state index < -0.39 is 27.5 Å². The van der Waals surface area contributed by atoms with Crippen LogP contribution in [0.4, 0.5) is 18.9 Å². The number of anilines is 1. The Hall–Kier alpha value is -3.50. The van der Waals surface area contributed by atoms with Crippen LogP contribution in [0.3, 0.4) is 0 Å². The van der Waals surface area contributed by atoms with Gasteiger partial charge in [-0.2, -0.15) is 0 Å². The van der Waals surface area contributed by atoms with Crippen molar-refractivity contribution in [3.05, 3.63) is 60.4 Å². The molecule has 0 fully saturated rings. The summed E-state index contributed by atoms with van der Waals surface area (Å²) in [5, 5.41) is 6.90. The van der Waals surface area contributed by atoms with Gasteiger partial charge in [0.05, 0.1) is 0 Å². The van der Waals surface area contributed by atoms with Gasteiger partial charge in [0.1, 0.15) is 0 Å². The molecule has 0 radical (unpaired) electrons. The van der Waals surface area contributed by atoms with E-state index in [4.69, 9.17) is 4.74 Å². The molecule has 1 N–H and O–H groups in total. The molecule has 0 saturated heterocycles. The summed E-state index contributed by atoms with van der Waals surface area (Å²) < 4.78 is 49.7. The van der Waals surface area contributed by atoms with E-state index in [-0.39, 0.29) is 24.5 Å². The quantitative estimate of drug-likeness (QED) is 0.192. The van der Waals surface area contributed by atoms with Gasteiger partial charge in [0.2, 0.25) is 0 Å². The van der Waals surface area contributed by atoms with E-state index in [1.807, 2.05) is 0 Å². The third-order valence-electron chi connectivity index (χ3n) is 5.00. The van der Waals surface area contributed by atoms with Crippen molar-refractivity contribution in [3.8, 4) is 16.9 Å². The zero-order chi connectivity index (χ0) is 25.0. The molecule has 0 aliphatic heterocycles. The van der Waals surface area contributed by atoms with Gasteiger partial charge in [0.25, 0.3) is 0 Å². The molecule has 35 heavy (non-hydrogen) atoms. The number of alkyl halides is 3. The van der Waals surface area contributed by atoms with Crippen molar-refractivity contribution >= 4 is 36.8 Å². The maximum atomic E-state index is 13.4. The minimum absolute atomic E-state index is 0.0522. The average molecular weight is 547 g/mol. The van der Waals surface area contributed by atoms with Crippen molar-refractivity contribution in [2.45, 2.75) is 6.18 Å². The molecular formula is C22H21AsF3N7O2. The molecule has 1 atom stereocenters. The topological polar surface area (TPSA) is 99.8 Å². The van der Waals surface area contributed by atoms with Crippen LogP contribution in [-0.4, -0.2) is 71.6 Å². The molecule has 1 unspecified atom stereocenters. The number of aromatic nitrogens is 6. The molecule has 0 aliphatic rings. The van der Waals surface area contributed by atoms with Crippen molar-refractivity contribution in [3.63, 3.8) is 0 Å². The molecule has 4 aromatic heterocycles. The predicted octanol–water partition coefficient (Wildman–Crippen LogP) is 1.34. The number of pyridine rings is 2. The molecule has 0 aromatic carbocycles. The predicted molar refractivity (Wildman–Crippen MR) is 125 cm³/mol. The average Bonchev–Trinajstić information content (AvgIpc) is 3.47. The number of ether oxygens (including phenoxy) is 1. The van der Waals surface area contributed by atoms with Crippen LogP contribution in [0.1, 0.15) is 16.1 Å². The van der Waals surface area contributed by atoms with Gasteiger partial charge in [-0.15, -0.1) is 0 Å². The van der Waals surface area contributed by atoms with Gasteiger partial charge in [-0.25, -0.2) is 0 Å². The summed E-state index contributed by atoms with van der Waals surface area (Å²) in [6.07, 6.45) is 3.69. The number of nitrogens with one attached hydrogen (secondary N) is 1. The number of carbonyl (C=O) groups excluding carboxylic acids is 1. The van der Waals surface area contributed by atoms with Crippen molar-refractivity contribution in [1.29, 1.82) is 0 Å². The Bertz CT molecular complexity index is 1340. The maximum absolute atomic E-state index is 13.4. The van der Waals surface area contributed by atoms with Crippen molar-refractivity contribution in [2.75, 3.05) is 25.6 Å². The van der Waals surface area contributed by atoms with Gasteiger partial charge in [-0.1, -0.05) is 0 Å². The molecule has 0 amide bonds. The number of aryl methyl sites for hydroxylation is 1. The molecular weight excluding hydrogens is 526 g/mol. The van der Waals surface area contributed by atoms with Crippen LogP contribution < -0.4 is 14.4 Å². The van der Waals surface area contributed by atoms with Crippen LogP contribution in [0.5, 0.6) is 0 Å². The van der Waals surface area contributed by atoms with Crippen LogP contribution >= 0.6 is 0 Å². The van der Waals surface area contributed by atoms with Crippen LogP contribution in [0, 0.1) is 0 Å². The molecule has 4 heterocycles. The molecule has 9 nitrogen and oxygen atoms in total. The number of hydrogen-bond donors (Lipinski definition) is 1. The third-order valence-corrected chi connectivity index (χ3v) is 7.35. The molecule has 0 bridgehead atoms. The summed E-state index contributed by atoms with van der Waals surface area (Å²) in [6, 6.07) is 4.94. The van der Waals surface area contributed by atoms with Crippen LogP contribution in [0.15, 0.2) is 49.2 Å². The molecule has 0 aliphatic carbocycles. The molecule has 4 rings (SSSR count). The zero-order valence-electron chi connectivity index (χ0n) is 18.7. The number of rotatable bonds is 9. The number of halogens is 3. The molecule has 0 saturated carbocycles. The van der Waals surface area contributed by atoms with E-state index in [1.165, 1.54) is 13.2 Å². The fourth-order valence-electron chi connectivity index (χ4n) is 3.37. The van der Waals surface area contributed by atoms with Crippen LogP contribution in [0.2, 0.25) is 0 Å². The molecule has 4 aromatic rings. The van der Waals surface area contributed by atoms with E-state index in [0.29, 0.717) is 26.8 Å². The first-order chi connectivity index (χ1) is 16.8. The monoisotopic (exact) mass is 547 g/mol. The van der Waals surface area contributed by atoms with Crippen molar-refractivity contribution in [1.82, 2.24) is 29.3 Å². The summed E-state index contributed by atoms with van der Waals surface area (Å²) in [6.45, 7) is 0.481. The second kappa shape index (κ2) is 10.4. The van der Waals surface area contributed by atoms with Gasteiger partial charge in [-0.3, -0.25) is 0 Å². The third kappa shape index (κ3) is 5.60. The molecule has 182 valence electrons. The second-order valence-electron chi connectivity index (χ2n) is 7.40. The second-order valence-corrected chi connectivity index (χ2v) is 9.94. The van der Waals surface area contributed by atoms with E-state index in [0.717, 1.165) is 11.8 Å². The SMILES string of the molecule is COCCNc1cc([AsH]c2nccn2-c2ccc(-c3cnn(C)c3)c(C=O)n2)ncc1C(F)(F)F. The van der Waals surface area contributed by atoms with Crippen LogP contribution in [0.25, 0.3) is 16.9 Å². The first-order valence-corrected chi connectivity index (χ1v) is 12.5. The Morgan fingerprint density at radius 1 is 1.23 bits per heavy atom. The van der Waals surface area contributed by atoms with E-state index >= 15 is 0 Å². The summed E-state index contributed by atoms with van der Waals surface area (Å²) in [5.41, 5.74) is 0.757. The Balaban J connectivity index is 1.64. The summed E-state index contributed by atoms with van der Waals surface area (Å²) in [7, 11) is 3.26. The fraction of sp³-hybridized carbons (Fsp3) is 0.227. The first-order valence-electron chi connectivity index (χ1n) is 10.4. The number of nitrogens with zero attached hydrogens (tertiary/aromatic N) is 6. The van der Waals surface area contributed by atoms with Gasteiger partial charge in [0, 0.05) is 0 Å². The summed E-state index contributed by atoms with van der Waals surface area (Å²) in [4.78, 5) is 24.7. The number of aldehydes is 1.